The van der Waals surface area contributed by atoms with Gasteiger partial charge in [-0.1, -0.05) is 0 Å². The van der Waals surface area contributed by atoms with Gasteiger partial charge in [0.1, 0.15) is 34.7 Å². The number of carbonyl (C=O) groups excluding carboxylic acids is 3. The fraction of sp³-hybridized carbons (Fsp3) is 0.353. The number of amides is 2. The fourth-order valence-electron chi connectivity index (χ4n) is 3.01. The van der Waals surface area contributed by atoms with Gasteiger partial charge < -0.3 is 30.7 Å². The van der Waals surface area contributed by atoms with Crippen molar-refractivity contribution in [3.05, 3.63) is 35.2 Å². The average molecular weight is 409 g/mol. The van der Waals surface area contributed by atoms with Crippen molar-refractivity contribution in [2.24, 2.45) is 5.73 Å². The standard InChI is InChI=1S/C17H19N3O7S/c1-26-10-6-28-16-12(15(24)20(16)13(10)17(25)27-2)19-14(23)11(18)8-5-7(21)3-4-9(8)22/h3-5,11-12,16,21-22H,6,18H2,1-2H3,(H,19,23)/t11?,12?,16-/m0/s1. The van der Waals surface area contributed by atoms with Crippen LogP contribution >= 0.6 is 11.8 Å². The van der Waals surface area contributed by atoms with Gasteiger partial charge in [0.25, 0.3) is 5.91 Å². The van der Waals surface area contributed by atoms with Crippen LogP contribution in [0, 0.1) is 0 Å². The predicted molar refractivity (Wildman–Crippen MR) is 97.8 cm³/mol. The van der Waals surface area contributed by atoms with Crippen LogP contribution in [0.25, 0.3) is 0 Å². The van der Waals surface area contributed by atoms with E-state index >= 15 is 0 Å². The quantitative estimate of drug-likeness (QED) is 0.287. The molecular formula is C17H19N3O7S. The molecule has 0 saturated carbocycles. The lowest BCUT2D eigenvalue weighted by Gasteiger charge is -2.49. The number of methoxy groups -OCH3 is 2. The number of phenols is 2. The highest BCUT2D eigenvalue weighted by Gasteiger charge is 2.55. The molecule has 1 saturated heterocycles. The monoisotopic (exact) mass is 409 g/mol. The van der Waals surface area contributed by atoms with Crippen LogP contribution in [-0.2, 0) is 23.9 Å². The third kappa shape index (κ3) is 3.22. The summed E-state index contributed by atoms with van der Waals surface area (Å²) in [7, 11) is 2.59. The molecule has 11 heteroatoms. The smallest absolute Gasteiger partial charge is 0.358 e. The third-order valence-electron chi connectivity index (χ3n) is 4.48. The summed E-state index contributed by atoms with van der Waals surface area (Å²) < 4.78 is 9.89. The predicted octanol–water partition coefficient (Wildman–Crippen LogP) is -0.472. The highest BCUT2D eigenvalue weighted by molar-refractivity contribution is 8.00. The van der Waals surface area contributed by atoms with E-state index in [1.807, 2.05) is 0 Å². The number of esters is 1. The van der Waals surface area contributed by atoms with E-state index in [-0.39, 0.29) is 22.8 Å². The van der Waals surface area contributed by atoms with Crippen LogP contribution in [0.5, 0.6) is 11.5 Å². The maximum absolute atomic E-state index is 12.6. The zero-order valence-corrected chi connectivity index (χ0v) is 15.9. The van der Waals surface area contributed by atoms with Crippen molar-refractivity contribution >= 4 is 29.5 Å². The Morgan fingerprint density at radius 2 is 2.07 bits per heavy atom. The van der Waals surface area contributed by atoms with Crippen LogP contribution in [0.4, 0.5) is 0 Å². The van der Waals surface area contributed by atoms with Crippen molar-refractivity contribution in [1.82, 2.24) is 10.2 Å². The number of nitrogens with zero attached hydrogens (tertiary/aromatic N) is 1. The largest absolute Gasteiger partial charge is 0.508 e. The molecule has 0 bridgehead atoms. The van der Waals surface area contributed by atoms with Crippen LogP contribution in [0.1, 0.15) is 11.6 Å². The number of benzene rings is 1. The lowest BCUT2D eigenvalue weighted by Crippen LogP contribution is -2.71. The molecule has 0 spiro atoms. The Kier molecular flexibility index (Phi) is 5.38. The average Bonchev–Trinajstić information content (AvgIpc) is 2.70. The van der Waals surface area contributed by atoms with Crippen LogP contribution in [0.15, 0.2) is 29.7 Å². The van der Waals surface area contributed by atoms with E-state index in [1.165, 1.54) is 49.1 Å². The van der Waals surface area contributed by atoms with Crippen molar-refractivity contribution in [3.63, 3.8) is 0 Å². The van der Waals surface area contributed by atoms with Gasteiger partial charge in [-0.3, -0.25) is 14.5 Å². The lowest BCUT2D eigenvalue weighted by atomic mass is 10.0. The van der Waals surface area contributed by atoms with Crippen LogP contribution in [-0.4, -0.2) is 64.3 Å². The second-order valence-electron chi connectivity index (χ2n) is 6.08. The summed E-state index contributed by atoms with van der Waals surface area (Å²) in [5.41, 5.74) is 5.91. The zero-order valence-electron chi connectivity index (χ0n) is 15.0. The molecule has 5 N–H and O–H groups in total. The molecule has 2 aliphatic rings. The number of phenolic OH excluding ortho intramolecular Hbond substituents is 2. The molecule has 0 aromatic heterocycles. The fourth-order valence-corrected chi connectivity index (χ4v) is 4.32. The van der Waals surface area contributed by atoms with E-state index in [0.717, 1.165) is 0 Å². The summed E-state index contributed by atoms with van der Waals surface area (Å²) in [6.07, 6.45) is 0. The Morgan fingerprint density at radius 3 is 2.71 bits per heavy atom. The molecule has 1 aromatic carbocycles. The summed E-state index contributed by atoms with van der Waals surface area (Å²) in [5, 5.41) is 21.4. The number of fused-ring (bicyclic) bond motifs is 1. The van der Waals surface area contributed by atoms with Gasteiger partial charge in [-0.05, 0) is 18.2 Å². The Morgan fingerprint density at radius 1 is 1.36 bits per heavy atom. The number of hydrogen-bond donors (Lipinski definition) is 4. The number of rotatable bonds is 5. The molecule has 28 heavy (non-hydrogen) atoms. The SMILES string of the molecule is COC(=O)C1=C(OC)CS[C@H]2C(NC(=O)C(N)c3cc(O)ccc3O)C(=O)N12. The van der Waals surface area contributed by atoms with Crippen LogP contribution in [0.3, 0.4) is 0 Å². The van der Waals surface area contributed by atoms with Gasteiger partial charge in [0, 0.05) is 5.56 Å². The first-order chi connectivity index (χ1) is 13.3. The number of thioether (sulfide) groups is 1. The van der Waals surface area contributed by atoms with Crippen LogP contribution < -0.4 is 11.1 Å². The number of ether oxygens (including phenoxy) is 2. The van der Waals surface area contributed by atoms with E-state index in [0.29, 0.717) is 11.5 Å². The number of carbonyl (C=O) groups is 3. The Hall–Kier alpha value is -2.92. The molecule has 2 heterocycles. The number of β-lactam (4-membered cyclic amide) rings is 1. The first-order valence-electron chi connectivity index (χ1n) is 8.18. The molecule has 3 atom stereocenters. The Bertz CT molecular complexity index is 872. The summed E-state index contributed by atoms with van der Waals surface area (Å²) in [4.78, 5) is 38.3. The van der Waals surface area contributed by atoms with E-state index in [9.17, 15) is 24.6 Å². The second-order valence-corrected chi connectivity index (χ2v) is 7.19. The summed E-state index contributed by atoms with van der Waals surface area (Å²) in [5.74, 6) is -1.71. The molecule has 2 unspecified atom stereocenters. The summed E-state index contributed by atoms with van der Waals surface area (Å²) in [6.45, 7) is 0. The van der Waals surface area contributed by atoms with Gasteiger partial charge in [0.15, 0.2) is 5.70 Å². The number of hydrogen-bond acceptors (Lipinski definition) is 9. The van der Waals surface area contributed by atoms with Crippen molar-refractivity contribution < 1.29 is 34.1 Å². The van der Waals surface area contributed by atoms with E-state index in [1.54, 1.807) is 0 Å². The maximum Gasteiger partial charge on any atom is 0.358 e. The van der Waals surface area contributed by atoms with E-state index in [2.05, 4.69) is 5.32 Å². The molecule has 2 aliphatic heterocycles. The minimum absolute atomic E-state index is 0.0131. The molecular weight excluding hydrogens is 390 g/mol. The van der Waals surface area contributed by atoms with Gasteiger partial charge >= 0.3 is 5.97 Å². The van der Waals surface area contributed by atoms with Crippen molar-refractivity contribution in [1.29, 1.82) is 0 Å². The van der Waals surface area contributed by atoms with Crippen molar-refractivity contribution in [2.45, 2.75) is 17.5 Å². The molecule has 0 aliphatic carbocycles. The van der Waals surface area contributed by atoms with Gasteiger partial charge in [0.2, 0.25) is 5.91 Å². The third-order valence-corrected chi connectivity index (χ3v) is 5.74. The Labute approximate surface area is 164 Å². The lowest BCUT2D eigenvalue weighted by molar-refractivity contribution is -0.152. The minimum atomic E-state index is -1.30. The van der Waals surface area contributed by atoms with E-state index < -0.39 is 35.2 Å². The van der Waals surface area contributed by atoms with Crippen molar-refractivity contribution in [3.8, 4) is 11.5 Å². The molecule has 2 amide bonds. The summed E-state index contributed by atoms with van der Waals surface area (Å²) >= 11 is 1.31. The number of aromatic hydroxyl groups is 2. The topological polar surface area (TPSA) is 151 Å². The van der Waals surface area contributed by atoms with Gasteiger partial charge in [0.05, 0.1) is 20.0 Å². The first-order valence-corrected chi connectivity index (χ1v) is 9.23. The van der Waals surface area contributed by atoms with E-state index in [4.69, 9.17) is 15.2 Å². The minimum Gasteiger partial charge on any atom is -0.508 e. The molecule has 3 rings (SSSR count). The second kappa shape index (κ2) is 7.60. The zero-order chi connectivity index (χ0) is 20.6. The normalized spacial score (nSPS) is 22.1. The molecule has 1 fully saturated rings. The van der Waals surface area contributed by atoms with Gasteiger partial charge in [-0.25, -0.2) is 4.79 Å². The van der Waals surface area contributed by atoms with Gasteiger partial charge in [-0.2, -0.15) is 0 Å². The Balaban J connectivity index is 1.76. The summed E-state index contributed by atoms with van der Waals surface area (Å²) in [6, 6.07) is 1.44. The molecule has 10 nitrogen and oxygen atoms in total. The number of nitrogens with two attached hydrogens (primary N) is 1. The maximum atomic E-state index is 12.6. The number of nitrogens with one attached hydrogen (secondary N) is 1. The highest BCUT2D eigenvalue weighted by atomic mass is 32.2. The first kappa shape index (κ1) is 19.8. The van der Waals surface area contributed by atoms with Crippen molar-refractivity contribution in [2.75, 3.05) is 20.0 Å². The molecule has 150 valence electrons. The van der Waals surface area contributed by atoms with Crippen LogP contribution in [0.2, 0.25) is 0 Å². The highest BCUT2D eigenvalue weighted by Crippen LogP contribution is 2.41. The molecule has 1 aromatic rings. The van der Waals surface area contributed by atoms with Gasteiger partial charge in [-0.15, -0.1) is 11.8 Å². The molecule has 0 radical (unpaired) electrons.